The molecule has 2 N–H and O–H groups in total. The fraction of sp³-hybridized carbons (Fsp3) is 0.267. The molecule has 1 aromatic carbocycles. The summed E-state index contributed by atoms with van der Waals surface area (Å²) in [5.74, 6) is -0.415. The van der Waals surface area contributed by atoms with E-state index < -0.39 is 29.0 Å². The minimum atomic E-state index is -4.43. The van der Waals surface area contributed by atoms with Gasteiger partial charge in [-0.05, 0) is 24.6 Å². The number of pyridine rings is 1. The van der Waals surface area contributed by atoms with E-state index in [1.54, 1.807) is 0 Å². The second kappa shape index (κ2) is 5.84. The molecule has 0 aliphatic heterocycles. The number of aromatic hydroxyl groups is 1. The van der Waals surface area contributed by atoms with Crippen molar-refractivity contribution in [3.8, 4) is 5.75 Å². The third kappa shape index (κ3) is 3.30. The zero-order chi connectivity index (χ0) is 16.5. The molecule has 7 heteroatoms. The molecular formula is C15H14F3NO3. The third-order valence-electron chi connectivity index (χ3n) is 3.41. The fourth-order valence-electron chi connectivity index (χ4n) is 2.05. The molecule has 4 nitrogen and oxygen atoms in total. The Labute approximate surface area is 124 Å². The number of rotatable bonds is 3. The first-order valence-electron chi connectivity index (χ1n) is 6.44. The Morgan fingerprint density at radius 2 is 1.77 bits per heavy atom. The highest BCUT2D eigenvalue weighted by Crippen LogP contribution is 2.30. The molecular weight excluding hydrogens is 299 g/mol. The van der Waals surface area contributed by atoms with E-state index in [2.05, 4.69) is 0 Å². The molecule has 0 saturated carbocycles. The summed E-state index contributed by atoms with van der Waals surface area (Å²) in [6.45, 7) is 1.52. The van der Waals surface area contributed by atoms with Gasteiger partial charge in [0.1, 0.15) is 0 Å². The number of hydrogen-bond donors (Lipinski definition) is 2. The standard InChI is InChI=1S/C15H14F3NO3/c1-9-14(22)12(20)6-7-19(9)8-13(21)10-2-4-11(5-3-10)15(16,17)18/h2-7,13,21-22H,8H2,1H3/t13-/m1/s1. The monoisotopic (exact) mass is 313 g/mol. The van der Waals surface area contributed by atoms with Crippen molar-refractivity contribution >= 4 is 0 Å². The normalized spacial score (nSPS) is 13.1. The number of benzene rings is 1. The van der Waals surface area contributed by atoms with Crippen molar-refractivity contribution in [2.24, 2.45) is 0 Å². The highest BCUT2D eigenvalue weighted by Gasteiger charge is 2.30. The molecule has 0 fully saturated rings. The molecule has 22 heavy (non-hydrogen) atoms. The van der Waals surface area contributed by atoms with Crippen LogP contribution in [0.1, 0.15) is 22.9 Å². The molecule has 0 saturated heterocycles. The molecule has 118 valence electrons. The van der Waals surface area contributed by atoms with Gasteiger partial charge in [-0.1, -0.05) is 12.1 Å². The first-order valence-corrected chi connectivity index (χ1v) is 6.44. The van der Waals surface area contributed by atoms with Crippen molar-refractivity contribution in [2.75, 3.05) is 0 Å². The molecule has 1 atom stereocenters. The molecule has 2 rings (SSSR count). The molecule has 0 bridgehead atoms. The number of aromatic nitrogens is 1. The smallest absolute Gasteiger partial charge is 0.416 e. The van der Waals surface area contributed by atoms with Crippen LogP contribution in [-0.4, -0.2) is 14.8 Å². The van der Waals surface area contributed by atoms with Gasteiger partial charge in [-0.2, -0.15) is 13.2 Å². The van der Waals surface area contributed by atoms with Crippen molar-refractivity contribution in [2.45, 2.75) is 25.7 Å². The van der Waals surface area contributed by atoms with Crippen LogP contribution in [0.15, 0.2) is 41.3 Å². The molecule has 1 aromatic heterocycles. The van der Waals surface area contributed by atoms with Gasteiger partial charge in [0.2, 0.25) is 5.43 Å². The summed E-state index contributed by atoms with van der Waals surface area (Å²) in [6.07, 6.45) is -4.09. The number of halogens is 3. The number of aliphatic hydroxyl groups excluding tert-OH is 1. The predicted molar refractivity (Wildman–Crippen MR) is 73.5 cm³/mol. The Morgan fingerprint density at radius 3 is 2.32 bits per heavy atom. The second-order valence-electron chi connectivity index (χ2n) is 4.90. The summed E-state index contributed by atoms with van der Waals surface area (Å²) < 4.78 is 38.9. The Hall–Kier alpha value is -2.28. The van der Waals surface area contributed by atoms with Gasteiger partial charge >= 0.3 is 6.18 Å². The van der Waals surface area contributed by atoms with E-state index in [4.69, 9.17) is 0 Å². The zero-order valence-corrected chi connectivity index (χ0v) is 11.6. The molecule has 0 aliphatic carbocycles. The maximum absolute atomic E-state index is 12.5. The first-order chi connectivity index (χ1) is 10.2. The topological polar surface area (TPSA) is 62.5 Å². The molecule has 1 heterocycles. The Kier molecular flexibility index (Phi) is 4.27. The average Bonchev–Trinajstić information content (AvgIpc) is 2.47. The van der Waals surface area contributed by atoms with Crippen LogP contribution in [0.25, 0.3) is 0 Å². The lowest BCUT2D eigenvalue weighted by atomic mass is 10.1. The van der Waals surface area contributed by atoms with E-state index in [1.165, 1.54) is 29.8 Å². The van der Waals surface area contributed by atoms with Gasteiger partial charge in [0.25, 0.3) is 0 Å². The summed E-state index contributed by atoms with van der Waals surface area (Å²) in [5.41, 5.74) is -0.734. The maximum Gasteiger partial charge on any atom is 0.416 e. The molecule has 0 spiro atoms. The highest BCUT2D eigenvalue weighted by molar-refractivity contribution is 5.27. The number of nitrogens with zero attached hydrogens (tertiary/aromatic N) is 1. The van der Waals surface area contributed by atoms with Crippen LogP contribution in [0.4, 0.5) is 13.2 Å². The van der Waals surface area contributed by atoms with Crippen LogP contribution in [0.5, 0.6) is 5.75 Å². The highest BCUT2D eigenvalue weighted by atomic mass is 19.4. The van der Waals surface area contributed by atoms with Gasteiger partial charge in [-0.25, -0.2) is 0 Å². The summed E-state index contributed by atoms with van der Waals surface area (Å²) in [4.78, 5) is 11.2. The minimum absolute atomic E-state index is 0.00500. The number of aliphatic hydroxyl groups is 1. The van der Waals surface area contributed by atoms with Crippen LogP contribution >= 0.6 is 0 Å². The predicted octanol–water partition coefficient (Wildman–Crippen LogP) is 2.61. The average molecular weight is 313 g/mol. The SMILES string of the molecule is Cc1c(O)c(=O)ccn1C[C@@H](O)c1ccc(C(F)(F)F)cc1. The van der Waals surface area contributed by atoms with Crippen molar-refractivity contribution in [1.29, 1.82) is 0 Å². The van der Waals surface area contributed by atoms with Crippen molar-refractivity contribution < 1.29 is 23.4 Å². The van der Waals surface area contributed by atoms with Crippen LogP contribution in [0, 0.1) is 6.92 Å². The molecule has 0 unspecified atom stereocenters. The lowest BCUT2D eigenvalue weighted by Gasteiger charge is -2.17. The van der Waals surface area contributed by atoms with Gasteiger partial charge in [0.05, 0.1) is 23.9 Å². The van der Waals surface area contributed by atoms with E-state index >= 15 is 0 Å². The van der Waals surface area contributed by atoms with E-state index in [-0.39, 0.29) is 12.2 Å². The Balaban J connectivity index is 2.21. The Morgan fingerprint density at radius 1 is 1.18 bits per heavy atom. The van der Waals surface area contributed by atoms with Crippen molar-refractivity contribution in [3.05, 3.63) is 63.6 Å². The fourth-order valence-corrected chi connectivity index (χ4v) is 2.05. The Bertz CT molecular complexity index is 720. The second-order valence-corrected chi connectivity index (χ2v) is 4.90. The lowest BCUT2D eigenvalue weighted by Crippen LogP contribution is -2.15. The largest absolute Gasteiger partial charge is 0.503 e. The summed E-state index contributed by atoms with van der Waals surface area (Å²) in [7, 11) is 0. The van der Waals surface area contributed by atoms with Crippen molar-refractivity contribution in [3.63, 3.8) is 0 Å². The summed E-state index contributed by atoms with van der Waals surface area (Å²) >= 11 is 0. The van der Waals surface area contributed by atoms with E-state index in [0.29, 0.717) is 5.56 Å². The van der Waals surface area contributed by atoms with Gasteiger partial charge < -0.3 is 14.8 Å². The summed E-state index contributed by atoms with van der Waals surface area (Å²) in [5, 5.41) is 19.6. The van der Waals surface area contributed by atoms with Crippen LogP contribution in [0.3, 0.4) is 0 Å². The third-order valence-corrected chi connectivity index (χ3v) is 3.41. The van der Waals surface area contributed by atoms with E-state index in [9.17, 15) is 28.2 Å². The van der Waals surface area contributed by atoms with Gasteiger partial charge in [0, 0.05) is 12.3 Å². The zero-order valence-electron chi connectivity index (χ0n) is 11.6. The van der Waals surface area contributed by atoms with Gasteiger partial charge in [-0.15, -0.1) is 0 Å². The number of hydrogen-bond acceptors (Lipinski definition) is 3. The first kappa shape index (κ1) is 16.1. The van der Waals surface area contributed by atoms with Crippen LogP contribution in [-0.2, 0) is 12.7 Å². The number of alkyl halides is 3. The molecule has 2 aromatic rings. The lowest BCUT2D eigenvalue weighted by molar-refractivity contribution is -0.137. The maximum atomic E-state index is 12.5. The van der Waals surface area contributed by atoms with Crippen molar-refractivity contribution in [1.82, 2.24) is 4.57 Å². The van der Waals surface area contributed by atoms with Crippen LogP contribution in [0.2, 0.25) is 0 Å². The molecule has 0 radical (unpaired) electrons. The van der Waals surface area contributed by atoms with E-state index in [0.717, 1.165) is 18.2 Å². The quantitative estimate of drug-likeness (QED) is 0.915. The minimum Gasteiger partial charge on any atom is -0.503 e. The summed E-state index contributed by atoms with van der Waals surface area (Å²) in [6, 6.07) is 5.35. The van der Waals surface area contributed by atoms with Crippen LogP contribution < -0.4 is 5.43 Å². The molecule has 0 aliphatic rings. The molecule has 0 amide bonds. The van der Waals surface area contributed by atoms with Gasteiger partial charge in [0.15, 0.2) is 5.75 Å². The van der Waals surface area contributed by atoms with E-state index in [1.807, 2.05) is 0 Å². The van der Waals surface area contributed by atoms with Gasteiger partial charge in [-0.3, -0.25) is 4.79 Å².